The molecule has 0 saturated heterocycles. The molecular formula is C21H17NO5. The monoisotopic (exact) mass is 363 g/mol. The van der Waals surface area contributed by atoms with Crippen molar-refractivity contribution in [2.45, 2.75) is 6.61 Å². The fourth-order valence-electron chi connectivity index (χ4n) is 2.68. The van der Waals surface area contributed by atoms with Crippen molar-refractivity contribution < 1.29 is 23.7 Å². The number of carbonyl (C=O) groups is 1. The number of ether oxygens (including phenoxy) is 4. The van der Waals surface area contributed by atoms with Crippen LogP contribution in [0.15, 0.2) is 66.9 Å². The second-order valence-corrected chi connectivity index (χ2v) is 5.81. The highest BCUT2D eigenvalue weighted by molar-refractivity contribution is 5.88. The first-order valence-corrected chi connectivity index (χ1v) is 8.53. The van der Waals surface area contributed by atoms with Crippen LogP contribution in [0.25, 0.3) is 0 Å². The maximum Gasteiger partial charge on any atom is 0.362 e. The zero-order valence-electron chi connectivity index (χ0n) is 14.5. The van der Waals surface area contributed by atoms with E-state index in [1.54, 1.807) is 48.7 Å². The number of hydrogen-bond acceptors (Lipinski definition) is 6. The third kappa shape index (κ3) is 4.00. The topological polar surface area (TPSA) is 66.9 Å². The van der Waals surface area contributed by atoms with Crippen LogP contribution in [-0.2, 0) is 6.61 Å². The van der Waals surface area contributed by atoms with Gasteiger partial charge in [0.2, 0.25) is 0 Å². The van der Waals surface area contributed by atoms with Crippen LogP contribution in [0.5, 0.6) is 23.0 Å². The molecule has 0 radical (unpaired) electrons. The summed E-state index contributed by atoms with van der Waals surface area (Å²) in [5.74, 6) is 1.88. The van der Waals surface area contributed by atoms with E-state index in [1.807, 2.05) is 18.2 Å². The summed E-state index contributed by atoms with van der Waals surface area (Å²) in [5.41, 5.74) is 1.14. The molecule has 0 saturated carbocycles. The number of aromatic nitrogens is 1. The van der Waals surface area contributed by atoms with E-state index in [0.717, 1.165) is 11.3 Å². The largest absolute Gasteiger partial charge is 0.489 e. The molecule has 4 rings (SSSR count). The average Bonchev–Trinajstić information content (AvgIpc) is 2.73. The molecule has 0 aliphatic carbocycles. The number of fused-ring (bicyclic) bond motifs is 1. The van der Waals surface area contributed by atoms with E-state index in [9.17, 15) is 4.79 Å². The lowest BCUT2D eigenvalue weighted by atomic mass is 10.2. The lowest BCUT2D eigenvalue weighted by Gasteiger charge is -2.21. The summed E-state index contributed by atoms with van der Waals surface area (Å²) in [4.78, 5) is 16.1. The number of esters is 1. The van der Waals surface area contributed by atoms with E-state index in [-0.39, 0.29) is 5.69 Å². The quantitative estimate of drug-likeness (QED) is 0.509. The smallest absolute Gasteiger partial charge is 0.362 e. The molecule has 6 heteroatoms. The molecule has 2 heterocycles. The predicted molar refractivity (Wildman–Crippen MR) is 97.4 cm³/mol. The van der Waals surface area contributed by atoms with Crippen LogP contribution in [0.3, 0.4) is 0 Å². The third-order valence-electron chi connectivity index (χ3n) is 3.93. The highest BCUT2D eigenvalue weighted by Crippen LogP contribution is 2.34. The predicted octanol–water partition coefficient (Wildman–Crippen LogP) is 3.65. The molecule has 0 unspecified atom stereocenters. The molecule has 0 amide bonds. The Kier molecular flexibility index (Phi) is 4.87. The van der Waals surface area contributed by atoms with Gasteiger partial charge in [-0.1, -0.05) is 24.3 Å². The standard InChI is InChI=1S/C21H17NO5/c23-21(18-8-1-2-10-22-18)27-17-7-4-6-16(13-17)26-14-15-5-3-9-19-20(15)25-12-11-24-19/h1-10,13H,11-12,14H2. The summed E-state index contributed by atoms with van der Waals surface area (Å²) in [6, 6.07) is 17.7. The molecule has 3 aromatic rings. The fourth-order valence-corrected chi connectivity index (χ4v) is 2.68. The molecule has 1 aliphatic rings. The van der Waals surface area contributed by atoms with Crippen molar-refractivity contribution in [1.29, 1.82) is 0 Å². The number of benzene rings is 2. The summed E-state index contributed by atoms with van der Waals surface area (Å²) >= 11 is 0. The minimum atomic E-state index is -0.518. The number of hydrogen-bond donors (Lipinski definition) is 0. The van der Waals surface area contributed by atoms with E-state index >= 15 is 0 Å². The Labute approximate surface area is 156 Å². The second-order valence-electron chi connectivity index (χ2n) is 5.81. The Balaban J connectivity index is 1.44. The SMILES string of the molecule is O=C(Oc1cccc(OCc2cccc3c2OCCO3)c1)c1ccccn1. The van der Waals surface area contributed by atoms with Crippen molar-refractivity contribution in [2.24, 2.45) is 0 Å². The first-order chi connectivity index (χ1) is 13.3. The van der Waals surface area contributed by atoms with Gasteiger partial charge in [0.1, 0.15) is 37.0 Å². The van der Waals surface area contributed by atoms with Gasteiger partial charge in [0.25, 0.3) is 0 Å². The first-order valence-electron chi connectivity index (χ1n) is 8.53. The first kappa shape index (κ1) is 16.9. The molecule has 1 aliphatic heterocycles. The van der Waals surface area contributed by atoms with Gasteiger partial charge in [0.05, 0.1) is 0 Å². The zero-order valence-corrected chi connectivity index (χ0v) is 14.5. The van der Waals surface area contributed by atoms with Crippen molar-refractivity contribution in [3.05, 3.63) is 78.1 Å². The Morgan fingerprint density at radius 3 is 2.70 bits per heavy atom. The van der Waals surface area contributed by atoms with Gasteiger partial charge < -0.3 is 18.9 Å². The van der Waals surface area contributed by atoms with Gasteiger partial charge in [-0.25, -0.2) is 9.78 Å². The van der Waals surface area contributed by atoms with Crippen molar-refractivity contribution in [2.75, 3.05) is 13.2 Å². The zero-order chi connectivity index (χ0) is 18.5. The number of nitrogens with zero attached hydrogens (tertiary/aromatic N) is 1. The van der Waals surface area contributed by atoms with Crippen molar-refractivity contribution >= 4 is 5.97 Å². The van der Waals surface area contributed by atoms with Crippen LogP contribution < -0.4 is 18.9 Å². The van der Waals surface area contributed by atoms with Gasteiger partial charge in [-0.2, -0.15) is 0 Å². The maximum atomic E-state index is 12.1. The molecule has 0 N–H and O–H groups in total. The van der Waals surface area contributed by atoms with E-state index in [0.29, 0.717) is 37.1 Å². The van der Waals surface area contributed by atoms with Crippen LogP contribution in [0.2, 0.25) is 0 Å². The summed E-state index contributed by atoms with van der Waals surface area (Å²) in [7, 11) is 0. The molecule has 0 fully saturated rings. The highest BCUT2D eigenvalue weighted by atomic mass is 16.6. The van der Waals surface area contributed by atoms with Crippen LogP contribution >= 0.6 is 0 Å². The molecule has 0 atom stereocenters. The summed E-state index contributed by atoms with van der Waals surface area (Å²) in [5, 5.41) is 0. The molecular weight excluding hydrogens is 346 g/mol. The van der Waals surface area contributed by atoms with E-state index in [2.05, 4.69) is 4.98 Å². The molecule has 0 spiro atoms. The summed E-state index contributed by atoms with van der Waals surface area (Å²) in [6.07, 6.45) is 1.54. The Morgan fingerprint density at radius 1 is 0.963 bits per heavy atom. The lowest BCUT2D eigenvalue weighted by Crippen LogP contribution is -2.17. The fraction of sp³-hybridized carbons (Fsp3) is 0.143. The maximum absolute atomic E-state index is 12.1. The Bertz CT molecular complexity index is 942. The van der Waals surface area contributed by atoms with E-state index < -0.39 is 5.97 Å². The summed E-state index contributed by atoms with van der Waals surface area (Å²) in [6.45, 7) is 1.37. The third-order valence-corrected chi connectivity index (χ3v) is 3.93. The molecule has 2 aromatic carbocycles. The number of rotatable bonds is 5. The number of para-hydroxylation sites is 1. The second kappa shape index (κ2) is 7.78. The van der Waals surface area contributed by atoms with E-state index in [4.69, 9.17) is 18.9 Å². The minimum Gasteiger partial charge on any atom is -0.489 e. The van der Waals surface area contributed by atoms with Crippen molar-refractivity contribution in [3.8, 4) is 23.0 Å². The van der Waals surface area contributed by atoms with Gasteiger partial charge in [0, 0.05) is 17.8 Å². The van der Waals surface area contributed by atoms with Crippen LogP contribution in [-0.4, -0.2) is 24.2 Å². The molecule has 136 valence electrons. The van der Waals surface area contributed by atoms with Gasteiger partial charge >= 0.3 is 5.97 Å². The van der Waals surface area contributed by atoms with Crippen molar-refractivity contribution in [3.63, 3.8) is 0 Å². The van der Waals surface area contributed by atoms with Crippen LogP contribution in [0.1, 0.15) is 16.1 Å². The normalized spacial score (nSPS) is 12.3. The minimum absolute atomic E-state index is 0.247. The molecule has 1 aromatic heterocycles. The van der Waals surface area contributed by atoms with Crippen LogP contribution in [0, 0.1) is 0 Å². The highest BCUT2D eigenvalue weighted by Gasteiger charge is 2.16. The van der Waals surface area contributed by atoms with Gasteiger partial charge in [-0.05, 0) is 30.3 Å². The number of carbonyl (C=O) groups excluding carboxylic acids is 1. The lowest BCUT2D eigenvalue weighted by molar-refractivity contribution is 0.0728. The van der Waals surface area contributed by atoms with Crippen LogP contribution in [0.4, 0.5) is 0 Å². The van der Waals surface area contributed by atoms with Gasteiger partial charge in [-0.15, -0.1) is 0 Å². The van der Waals surface area contributed by atoms with Gasteiger partial charge in [0.15, 0.2) is 11.5 Å². The van der Waals surface area contributed by atoms with Crippen molar-refractivity contribution in [1.82, 2.24) is 4.98 Å². The van der Waals surface area contributed by atoms with Gasteiger partial charge in [-0.3, -0.25) is 0 Å². The Morgan fingerprint density at radius 2 is 1.81 bits per heavy atom. The average molecular weight is 363 g/mol. The summed E-state index contributed by atoms with van der Waals surface area (Å²) < 4.78 is 22.5. The number of pyridine rings is 1. The molecule has 6 nitrogen and oxygen atoms in total. The molecule has 27 heavy (non-hydrogen) atoms. The van der Waals surface area contributed by atoms with E-state index in [1.165, 1.54) is 0 Å². The molecule has 0 bridgehead atoms. The Hall–Kier alpha value is -3.54.